The van der Waals surface area contributed by atoms with Gasteiger partial charge in [0.1, 0.15) is 0 Å². The van der Waals surface area contributed by atoms with E-state index >= 15 is 0 Å². The van der Waals surface area contributed by atoms with Crippen LogP contribution in [0.1, 0.15) is 6.42 Å². The summed E-state index contributed by atoms with van der Waals surface area (Å²) < 4.78 is 22.5. The van der Waals surface area contributed by atoms with Crippen LogP contribution in [0.3, 0.4) is 0 Å². The van der Waals surface area contributed by atoms with Crippen LogP contribution in [0.2, 0.25) is 0 Å². The standard InChI is InChI=1S/C8H14BrNO4S/c9-5-8(12)10(2-3-11)7-1-4-15(13,14)6-7/h7,11H,1-6H2. The summed E-state index contributed by atoms with van der Waals surface area (Å²) in [6, 6.07) is -0.271. The molecule has 88 valence electrons. The summed E-state index contributed by atoms with van der Waals surface area (Å²) in [5.41, 5.74) is 0. The zero-order chi connectivity index (χ0) is 11.5. The molecule has 1 heterocycles. The molecule has 0 aliphatic carbocycles. The lowest BCUT2D eigenvalue weighted by molar-refractivity contribution is -0.130. The van der Waals surface area contributed by atoms with E-state index in [-0.39, 0.29) is 41.9 Å². The number of alkyl halides is 1. The minimum Gasteiger partial charge on any atom is -0.395 e. The molecule has 1 N–H and O–H groups in total. The summed E-state index contributed by atoms with van der Waals surface area (Å²) in [4.78, 5) is 12.9. The van der Waals surface area contributed by atoms with Crippen molar-refractivity contribution in [3.63, 3.8) is 0 Å². The first-order valence-electron chi connectivity index (χ1n) is 4.67. The normalized spacial score (nSPS) is 24.0. The fourth-order valence-electron chi connectivity index (χ4n) is 1.72. The number of sulfone groups is 1. The van der Waals surface area contributed by atoms with Crippen molar-refractivity contribution in [2.75, 3.05) is 30.0 Å². The highest BCUT2D eigenvalue weighted by molar-refractivity contribution is 9.09. The molecule has 5 nitrogen and oxygen atoms in total. The highest BCUT2D eigenvalue weighted by Crippen LogP contribution is 2.18. The first-order valence-corrected chi connectivity index (χ1v) is 7.61. The Hall–Kier alpha value is -0.140. The zero-order valence-corrected chi connectivity index (χ0v) is 10.6. The van der Waals surface area contributed by atoms with E-state index in [1.165, 1.54) is 4.90 Å². The van der Waals surface area contributed by atoms with Gasteiger partial charge in [0.15, 0.2) is 9.84 Å². The predicted octanol–water partition coefficient (Wildman–Crippen LogP) is -0.611. The van der Waals surface area contributed by atoms with Crippen molar-refractivity contribution >= 4 is 31.7 Å². The summed E-state index contributed by atoms with van der Waals surface area (Å²) in [5.74, 6) is -0.0212. The Labute approximate surface area is 97.5 Å². The van der Waals surface area contributed by atoms with Gasteiger partial charge in [0, 0.05) is 12.6 Å². The molecule has 0 aromatic carbocycles. The molecule has 1 aliphatic rings. The fourth-order valence-corrected chi connectivity index (χ4v) is 3.77. The molecule has 1 amide bonds. The molecule has 7 heteroatoms. The summed E-state index contributed by atoms with van der Waals surface area (Å²) >= 11 is 3.04. The van der Waals surface area contributed by atoms with Gasteiger partial charge in [0.05, 0.1) is 23.4 Å². The third kappa shape index (κ3) is 3.42. The molecule has 1 unspecified atom stereocenters. The number of hydrogen-bond donors (Lipinski definition) is 1. The molecular weight excluding hydrogens is 286 g/mol. The number of hydrogen-bond acceptors (Lipinski definition) is 4. The van der Waals surface area contributed by atoms with Gasteiger partial charge in [-0.05, 0) is 6.42 Å². The monoisotopic (exact) mass is 299 g/mol. The second-order valence-corrected chi connectivity index (χ2v) is 6.29. The highest BCUT2D eigenvalue weighted by Gasteiger charge is 2.33. The zero-order valence-electron chi connectivity index (χ0n) is 8.23. The molecule has 1 aliphatic heterocycles. The van der Waals surface area contributed by atoms with Crippen molar-refractivity contribution in [1.29, 1.82) is 0 Å². The van der Waals surface area contributed by atoms with E-state index in [9.17, 15) is 13.2 Å². The highest BCUT2D eigenvalue weighted by atomic mass is 79.9. The maximum atomic E-state index is 11.5. The van der Waals surface area contributed by atoms with E-state index in [0.29, 0.717) is 6.42 Å². The Morgan fingerprint density at radius 3 is 2.60 bits per heavy atom. The maximum absolute atomic E-state index is 11.5. The number of carbonyl (C=O) groups excluding carboxylic acids is 1. The van der Waals surface area contributed by atoms with Gasteiger partial charge in [-0.1, -0.05) is 15.9 Å². The molecule has 15 heavy (non-hydrogen) atoms. The Bertz CT molecular complexity index is 330. The molecule has 0 bridgehead atoms. The number of rotatable bonds is 4. The third-order valence-electron chi connectivity index (χ3n) is 2.42. The minimum atomic E-state index is -2.99. The molecule has 0 aromatic rings. The lowest BCUT2D eigenvalue weighted by atomic mass is 10.2. The van der Waals surface area contributed by atoms with E-state index in [0.717, 1.165) is 0 Å². The summed E-state index contributed by atoms with van der Waals surface area (Å²) in [7, 11) is -2.99. The Kier molecular flexibility index (Phi) is 4.54. The first-order chi connectivity index (χ1) is 7.00. The Morgan fingerprint density at radius 2 is 2.20 bits per heavy atom. The van der Waals surface area contributed by atoms with Gasteiger partial charge >= 0.3 is 0 Å². The number of halogens is 1. The number of nitrogens with zero attached hydrogens (tertiary/aromatic N) is 1. The van der Waals surface area contributed by atoms with Crippen LogP contribution in [0.25, 0.3) is 0 Å². The molecule has 1 fully saturated rings. The predicted molar refractivity (Wildman–Crippen MR) is 59.7 cm³/mol. The van der Waals surface area contributed by atoms with Crippen molar-refractivity contribution in [1.82, 2.24) is 4.90 Å². The lowest BCUT2D eigenvalue weighted by Gasteiger charge is -2.26. The topological polar surface area (TPSA) is 74.7 Å². The van der Waals surface area contributed by atoms with Crippen molar-refractivity contribution in [3.8, 4) is 0 Å². The quantitative estimate of drug-likeness (QED) is 0.703. The first kappa shape index (κ1) is 12.9. The van der Waals surface area contributed by atoms with E-state index in [4.69, 9.17) is 5.11 Å². The summed E-state index contributed by atoms with van der Waals surface area (Å²) in [5, 5.41) is 8.97. The molecule has 1 saturated heterocycles. The van der Waals surface area contributed by atoms with Crippen LogP contribution >= 0.6 is 15.9 Å². The average molecular weight is 300 g/mol. The maximum Gasteiger partial charge on any atom is 0.233 e. The molecule has 1 atom stereocenters. The van der Waals surface area contributed by atoms with Crippen LogP contribution in [0, 0.1) is 0 Å². The van der Waals surface area contributed by atoms with Gasteiger partial charge in [0.25, 0.3) is 0 Å². The molecule has 0 radical (unpaired) electrons. The van der Waals surface area contributed by atoms with Gasteiger partial charge < -0.3 is 10.0 Å². The summed E-state index contributed by atoms with van der Waals surface area (Å²) in [6.45, 7) is 0.0555. The number of carbonyl (C=O) groups is 1. The van der Waals surface area contributed by atoms with Crippen LogP contribution in [-0.4, -0.2) is 60.4 Å². The Balaban J connectivity index is 2.69. The Morgan fingerprint density at radius 1 is 1.53 bits per heavy atom. The minimum absolute atomic E-state index is 0.0196. The molecule has 0 aromatic heterocycles. The molecule has 1 rings (SSSR count). The van der Waals surface area contributed by atoms with Crippen LogP contribution < -0.4 is 0 Å². The van der Waals surface area contributed by atoms with Gasteiger partial charge in [-0.25, -0.2) is 8.42 Å². The second-order valence-electron chi connectivity index (χ2n) is 3.50. The van der Waals surface area contributed by atoms with Crippen molar-refractivity contribution in [3.05, 3.63) is 0 Å². The van der Waals surface area contributed by atoms with Crippen LogP contribution in [0.4, 0.5) is 0 Å². The van der Waals surface area contributed by atoms with Crippen LogP contribution in [0.15, 0.2) is 0 Å². The average Bonchev–Trinajstić information content (AvgIpc) is 2.54. The third-order valence-corrected chi connectivity index (χ3v) is 4.65. The van der Waals surface area contributed by atoms with E-state index < -0.39 is 9.84 Å². The van der Waals surface area contributed by atoms with Crippen molar-refractivity contribution in [2.24, 2.45) is 0 Å². The van der Waals surface area contributed by atoms with Gasteiger partial charge in [-0.2, -0.15) is 0 Å². The van der Waals surface area contributed by atoms with E-state index in [1.54, 1.807) is 0 Å². The molecule has 0 spiro atoms. The van der Waals surface area contributed by atoms with Gasteiger partial charge in [0.2, 0.25) is 5.91 Å². The van der Waals surface area contributed by atoms with Gasteiger partial charge in [-0.3, -0.25) is 4.79 Å². The molecule has 0 saturated carbocycles. The largest absolute Gasteiger partial charge is 0.395 e. The van der Waals surface area contributed by atoms with Crippen LogP contribution in [-0.2, 0) is 14.6 Å². The fraction of sp³-hybridized carbons (Fsp3) is 0.875. The lowest BCUT2D eigenvalue weighted by Crippen LogP contribution is -2.43. The number of aliphatic hydroxyl groups is 1. The SMILES string of the molecule is O=C(CBr)N(CCO)C1CCS(=O)(=O)C1. The van der Waals surface area contributed by atoms with Crippen molar-refractivity contribution < 1.29 is 18.3 Å². The van der Waals surface area contributed by atoms with E-state index in [1.807, 2.05) is 0 Å². The van der Waals surface area contributed by atoms with Gasteiger partial charge in [-0.15, -0.1) is 0 Å². The summed E-state index contributed by atoms with van der Waals surface area (Å²) in [6.07, 6.45) is 0.473. The second kappa shape index (κ2) is 5.27. The number of amides is 1. The van der Waals surface area contributed by atoms with Crippen molar-refractivity contribution in [2.45, 2.75) is 12.5 Å². The number of aliphatic hydroxyl groups excluding tert-OH is 1. The van der Waals surface area contributed by atoms with E-state index in [2.05, 4.69) is 15.9 Å². The smallest absolute Gasteiger partial charge is 0.233 e. The van der Waals surface area contributed by atoms with Crippen LogP contribution in [0.5, 0.6) is 0 Å². The molecular formula is C8H14BrNO4S.